The number of halogens is 1. The van der Waals surface area contributed by atoms with Crippen LogP contribution in [0.5, 0.6) is 0 Å². The Kier molecular flexibility index (Phi) is 3.55. The molecule has 0 spiro atoms. The number of methoxy groups -OCH3 is 1. The lowest BCUT2D eigenvalue weighted by molar-refractivity contribution is -0.146. The Balaban J connectivity index is 3.16. The van der Waals surface area contributed by atoms with Crippen LogP contribution >= 0.6 is 15.9 Å². The summed E-state index contributed by atoms with van der Waals surface area (Å²) in [7, 11) is 1.41. The van der Waals surface area contributed by atoms with Crippen LogP contribution in [0.1, 0.15) is 25.0 Å². The highest BCUT2D eigenvalue weighted by atomic mass is 79.9. The third kappa shape index (κ3) is 2.40. The van der Waals surface area contributed by atoms with Gasteiger partial charge in [0.25, 0.3) is 0 Å². The van der Waals surface area contributed by atoms with E-state index in [0.717, 1.165) is 15.6 Å². The van der Waals surface area contributed by atoms with Gasteiger partial charge in [-0.3, -0.25) is 4.79 Å². The quantitative estimate of drug-likeness (QED) is 0.772. The van der Waals surface area contributed by atoms with Crippen LogP contribution in [0.2, 0.25) is 0 Å². The van der Waals surface area contributed by atoms with Crippen molar-refractivity contribution in [3.8, 4) is 0 Å². The van der Waals surface area contributed by atoms with Crippen LogP contribution in [-0.2, 0) is 14.9 Å². The smallest absolute Gasteiger partial charge is 0.315 e. The highest BCUT2D eigenvalue weighted by Crippen LogP contribution is 2.28. The van der Waals surface area contributed by atoms with Gasteiger partial charge in [0.1, 0.15) is 0 Å². The van der Waals surface area contributed by atoms with E-state index < -0.39 is 5.41 Å². The van der Waals surface area contributed by atoms with Gasteiger partial charge in [-0.25, -0.2) is 0 Å². The van der Waals surface area contributed by atoms with Crippen LogP contribution in [0.15, 0.2) is 22.7 Å². The van der Waals surface area contributed by atoms with E-state index >= 15 is 0 Å². The molecule has 0 unspecified atom stereocenters. The van der Waals surface area contributed by atoms with Crippen molar-refractivity contribution in [2.24, 2.45) is 0 Å². The Bertz CT molecular complexity index is 383. The molecule has 82 valence electrons. The first-order chi connectivity index (χ1) is 6.89. The molecule has 0 saturated carbocycles. The second kappa shape index (κ2) is 4.35. The van der Waals surface area contributed by atoms with Gasteiger partial charge in [-0.15, -0.1) is 0 Å². The molecular weight excluding hydrogens is 256 g/mol. The van der Waals surface area contributed by atoms with Crippen LogP contribution in [0.3, 0.4) is 0 Å². The van der Waals surface area contributed by atoms with Crippen LogP contribution in [0.4, 0.5) is 0 Å². The van der Waals surface area contributed by atoms with Crippen molar-refractivity contribution in [3.63, 3.8) is 0 Å². The van der Waals surface area contributed by atoms with Gasteiger partial charge in [0, 0.05) is 4.47 Å². The third-order valence-corrected chi connectivity index (χ3v) is 3.47. The Morgan fingerprint density at radius 2 is 2.00 bits per heavy atom. The number of aryl methyl sites for hydroxylation is 1. The summed E-state index contributed by atoms with van der Waals surface area (Å²) in [6.45, 7) is 5.73. The fourth-order valence-corrected chi connectivity index (χ4v) is 1.65. The molecule has 0 bridgehead atoms. The molecule has 0 aliphatic heterocycles. The van der Waals surface area contributed by atoms with Gasteiger partial charge >= 0.3 is 5.97 Å². The van der Waals surface area contributed by atoms with E-state index in [9.17, 15) is 4.79 Å². The van der Waals surface area contributed by atoms with E-state index in [1.54, 1.807) is 0 Å². The molecule has 0 fully saturated rings. The number of hydrogen-bond donors (Lipinski definition) is 0. The molecule has 0 radical (unpaired) electrons. The van der Waals surface area contributed by atoms with Crippen LogP contribution in [0.25, 0.3) is 0 Å². The molecule has 0 aliphatic rings. The Labute approximate surface area is 98.8 Å². The third-order valence-electron chi connectivity index (χ3n) is 2.58. The molecule has 1 aromatic carbocycles. The number of carbonyl (C=O) groups excluding carboxylic acids is 1. The number of ether oxygens (including phenoxy) is 1. The van der Waals surface area contributed by atoms with E-state index in [-0.39, 0.29) is 5.97 Å². The average Bonchev–Trinajstić information content (AvgIpc) is 2.20. The van der Waals surface area contributed by atoms with Crippen molar-refractivity contribution in [3.05, 3.63) is 33.8 Å². The fourth-order valence-electron chi connectivity index (χ4n) is 1.41. The van der Waals surface area contributed by atoms with Gasteiger partial charge in [0.15, 0.2) is 0 Å². The van der Waals surface area contributed by atoms with E-state index in [4.69, 9.17) is 4.74 Å². The topological polar surface area (TPSA) is 26.3 Å². The van der Waals surface area contributed by atoms with Gasteiger partial charge in [0.2, 0.25) is 0 Å². The van der Waals surface area contributed by atoms with Crippen LogP contribution < -0.4 is 0 Å². The summed E-state index contributed by atoms with van der Waals surface area (Å²) in [6, 6.07) is 5.89. The molecule has 0 saturated heterocycles. The lowest BCUT2D eigenvalue weighted by Crippen LogP contribution is -2.30. The fraction of sp³-hybridized carbons (Fsp3) is 0.417. The van der Waals surface area contributed by atoms with Crippen molar-refractivity contribution in [1.29, 1.82) is 0 Å². The predicted octanol–water partition coefficient (Wildman–Crippen LogP) is 3.21. The maximum Gasteiger partial charge on any atom is 0.315 e. The molecule has 0 aromatic heterocycles. The summed E-state index contributed by atoms with van der Waals surface area (Å²) in [4.78, 5) is 11.6. The highest BCUT2D eigenvalue weighted by molar-refractivity contribution is 9.10. The lowest BCUT2D eigenvalue weighted by atomic mass is 9.84. The normalized spacial score (nSPS) is 11.3. The minimum atomic E-state index is -0.597. The lowest BCUT2D eigenvalue weighted by Gasteiger charge is -2.22. The molecule has 0 heterocycles. The molecule has 2 nitrogen and oxygen atoms in total. The first kappa shape index (κ1) is 12.2. The molecular formula is C12H15BrO2. The number of esters is 1. The number of rotatable bonds is 2. The number of benzene rings is 1. The summed E-state index contributed by atoms with van der Waals surface area (Å²) in [5.41, 5.74) is 1.49. The maximum absolute atomic E-state index is 11.6. The maximum atomic E-state index is 11.6. The van der Waals surface area contributed by atoms with Gasteiger partial charge in [-0.2, -0.15) is 0 Å². The van der Waals surface area contributed by atoms with Gasteiger partial charge < -0.3 is 4.74 Å². The molecule has 1 aromatic rings. The number of carbonyl (C=O) groups is 1. The minimum absolute atomic E-state index is 0.218. The monoisotopic (exact) mass is 270 g/mol. The van der Waals surface area contributed by atoms with Gasteiger partial charge in [-0.1, -0.05) is 28.1 Å². The number of hydrogen-bond acceptors (Lipinski definition) is 2. The Hall–Kier alpha value is -0.830. The SMILES string of the molecule is COC(=O)C(C)(C)c1ccc(Br)c(C)c1. The summed E-state index contributed by atoms with van der Waals surface area (Å²) < 4.78 is 5.84. The Morgan fingerprint density at radius 1 is 1.40 bits per heavy atom. The summed E-state index contributed by atoms with van der Waals surface area (Å²) in [5.74, 6) is -0.218. The zero-order chi connectivity index (χ0) is 11.6. The zero-order valence-electron chi connectivity index (χ0n) is 9.43. The zero-order valence-corrected chi connectivity index (χ0v) is 11.0. The van der Waals surface area contributed by atoms with E-state index in [2.05, 4.69) is 15.9 Å². The Morgan fingerprint density at radius 3 is 2.47 bits per heavy atom. The van der Waals surface area contributed by atoms with Crippen LogP contribution in [-0.4, -0.2) is 13.1 Å². The molecule has 0 N–H and O–H groups in total. The van der Waals surface area contributed by atoms with Crippen molar-refractivity contribution in [2.45, 2.75) is 26.2 Å². The van der Waals surface area contributed by atoms with Crippen molar-refractivity contribution in [2.75, 3.05) is 7.11 Å². The van der Waals surface area contributed by atoms with Gasteiger partial charge in [-0.05, 0) is 38.0 Å². The average molecular weight is 271 g/mol. The summed E-state index contributed by atoms with van der Waals surface area (Å²) in [6.07, 6.45) is 0. The van der Waals surface area contributed by atoms with Crippen molar-refractivity contribution < 1.29 is 9.53 Å². The second-order valence-electron chi connectivity index (χ2n) is 4.08. The van der Waals surface area contributed by atoms with E-state index in [1.165, 1.54) is 7.11 Å². The van der Waals surface area contributed by atoms with Gasteiger partial charge in [0.05, 0.1) is 12.5 Å². The highest BCUT2D eigenvalue weighted by Gasteiger charge is 2.30. The van der Waals surface area contributed by atoms with E-state index in [1.807, 2.05) is 39.0 Å². The first-order valence-electron chi connectivity index (χ1n) is 4.74. The van der Waals surface area contributed by atoms with Crippen molar-refractivity contribution >= 4 is 21.9 Å². The summed E-state index contributed by atoms with van der Waals surface area (Å²) >= 11 is 3.43. The molecule has 0 amide bonds. The second-order valence-corrected chi connectivity index (χ2v) is 4.93. The largest absolute Gasteiger partial charge is 0.468 e. The molecule has 0 aliphatic carbocycles. The molecule has 3 heteroatoms. The molecule has 15 heavy (non-hydrogen) atoms. The first-order valence-corrected chi connectivity index (χ1v) is 5.54. The standard InChI is InChI=1S/C12H15BrO2/c1-8-7-9(5-6-10(8)13)12(2,3)11(14)15-4/h5-7H,1-4H3. The minimum Gasteiger partial charge on any atom is -0.468 e. The van der Waals surface area contributed by atoms with Crippen LogP contribution in [0, 0.1) is 6.92 Å². The summed E-state index contributed by atoms with van der Waals surface area (Å²) in [5, 5.41) is 0. The van der Waals surface area contributed by atoms with Crippen molar-refractivity contribution in [1.82, 2.24) is 0 Å². The van der Waals surface area contributed by atoms with E-state index in [0.29, 0.717) is 0 Å². The predicted molar refractivity (Wildman–Crippen MR) is 63.9 cm³/mol. The molecule has 1 rings (SSSR count). The molecule has 0 atom stereocenters.